The second-order valence-electron chi connectivity index (χ2n) is 7.17. The standard InChI is InChI=1S/C23H26N2O3S/c1-16-12-17(2)19(4)23(18(16)3)29(26,27)25-14-20-8-7-10-22(13-20)28-15-21-9-5-6-11-24-21/h5-13,25H,14-15H2,1-4H3. The molecule has 0 atom stereocenters. The first kappa shape index (κ1) is 21.0. The van der Waals surface area contributed by atoms with E-state index in [2.05, 4.69) is 9.71 Å². The van der Waals surface area contributed by atoms with E-state index in [1.54, 1.807) is 6.20 Å². The third-order valence-electron chi connectivity index (χ3n) is 5.04. The van der Waals surface area contributed by atoms with Crippen LogP contribution in [0.25, 0.3) is 0 Å². The van der Waals surface area contributed by atoms with Gasteiger partial charge in [-0.2, -0.15) is 0 Å². The van der Waals surface area contributed by atoms with Gasteiger partial charge in [0.25, 0.3) is 0 Å². The number of benzene rings is 2. The molecule has 0 bridgehead atoms. The van der Waals surface area contributed by atoms with Crippen LogP contribution in [0.3, 0.4) is 0 Å². The number of nitrogens with zero attached hydrogens (tertiary/aromatic N) is 1. The number of pyridine rings is 1. The lowest BCUT2D eigenvalue weighted by molar-refractivity contribution is 0.301. The second-order valence-corrected chi connectivity index (χ2v) is 8.87. The SMILES string of the molecule is Cc1cc(C)c(C)c(S(=O)(=O)NCc2cccc(OCc3ccccn3)c2)c1C. The molecule has 0 aliphatic rings. The molecule has 0 unspecified atom stereocenters. The zero-order valence-corrected chi connectivity index (χ0v) is 18.0. The van der Waals surface area contributed by atoms with Gasteiger partial charge in [0.2, 0.25) is 10.0 Å². The fraction of sp³-hybridized carbons (Fsp3) is 0.261. The molecular weight excluding hydrogens is 384 g/mol. The highest BCUT2D eigenvalue weighted by molar-refractivity contribution is 7.89. The van der Waals surface area contributed by atoms with Gasteiger partial charge in [-0.15, -0.1) is 0 Å². The van der Waals surface area contributed by atoms with Crippen LogP contribution in [0.1, 0.15) is 33.5 Å². The van der Waals surface area contributed by atoms with Crippen LogP contribution >= 0.6 is 0 Å². The zero-order valence-electron chi connectivity index (χ0n) is 17.2. The number of hydrogen-bond donors (Lipinski definition) is 1. The van der Waals surface area contributed by atoms with Gasteiger partial charge in [0, 0.05) is 12.7 Å². The Labute approximate surface area is 172 Å². The van der Waals surface area contributed by atoms with Crippen LogP contribution in [0.2, 0.25) is 0 Å². The number of hydrogen-bond acceptors (Lipinski definition) is 4. The van der Waals surface area contributed by atoms with E-state index in [0.717, 1.165) is 33.5 Å². The number of rotatable bonds is 7. The van der Waals surface area contributed by atoms with E-state index in [0.29, 0.717) is 17.3 Å². The molecule has 152 valence electrons. The maximum atomic E-state index is 13.0. The van der Waals surface area contributed by atoms with E-state index in [1.165, 1.54) is 0 Å². The molecule has 5 nitrogen and oxygen atoms in total. The van der Waals surface area contributed by atoms with Gasteiger partial charge >= 0.3 is 0 Å². The predicted molar refractivity (Wildman–Crippen MR) is 114 cm³/mol. The van der Waals surface area contributed by atoms with Gasteiger partial charge < -0.3 is 4.74 Å². The van der Waals surface area contributed by atoms with Crippen molar-refractivity contribution in [3.8, 4) is 5.75 Å². The minimum Gasteiger partial charge on any atom is -0.487 e. The second kappa shape index (κ2) is 8.76. The Morgan fingerprint density at radius 2 is 1.66 bits per heavy atom. The largest absolute Gasteiger partial charge is 0.487 e. The normalized spacial score (nSPS) is 11.4. The molecule has 2 aromatic carbocycles. The fourth-order valence-corrected chi connectivity index (χ4v) is 4.85. The van der Waals surface area contributed by atoms with Gasteiger partial charge in [-0.1, -0.05) is 24.3 Å². The molecule has 0 spiro atoms. The van der Waals surface area contributed by atoms with Crippen molar-refractivity contribution in [2.45, 2.75) is 45.7 Å². The topological polar surface area (TPSA) is 68.3 Å². The highest BCUT2D eigenvalue weighted by Crippen LogP contribution is 2.26. The number of aryl methyl sites for hydroxylation is 2. The molecule has 0 saturated heterocycles. The van der Waals surface area contributed by atoms with Crippen LogP contribution in [0.15, 0.2) is 59.6 Å². The summed E-state index contributed by atoms with van der Waals surface area (Å²) in [7, 11) is -3.63. The molecular formula is C23H26N2O3S. The maximum absolute atomic E-state index is 13.0. The Kier molecular flexibility index (Phi) is 6.35. The van der Waals surface area contributed by atoms with E-state index in [-0.39, 0.29) is 6.54 Å². The van der Waals surface area contributed by atoms with Crippen LogP contribution in [0.5, 0.6) is 5.75 Å². The lowest BCUT2D eigenvalue weighted by Crippen LogP contribution is -2.25. The first-order chi connectivity index (χ1) is 13.8. The zero-order chi connectivity index (χ0) is 21.0. The van der Waals surface area contributed by atoms with Crippen LogP contribution in [0, 0.1) is 27.7 Å². The molecule has 1 N–H and O–H groups in total. The summed E-state index contributed by atoms with van der Waals surface area (Å²) < 4.78 is 34.5. The molecule has 1 heterocycles. The lowest BCUT2D eigenvalue weighted by Gasteiger charge is -2.16. The van der Waals surface area contributed by atoms with Gasteiger partial charge in [-0.3, -0.25) is 4.98 Å². The average Bonchev–Trinajstić information content (AvgIpc) is 2.70. The van der Waals surface area contributed by atoms with E-state index in [9.17, 15) is 8.42 Å². The minimum atomic E-state index is -3.63. The molecule has 0 saturated carbocycles. The minimum absolute atomic E-state index is 0.189. The predicted octanol–water partition coefficient (Wildman–Crippen LogP) is 4.37. The van der Waals surface area contributed by atoms with Crippen LogP contribution in [-0.2, 0) is 23.2 Å². The summed E-state index contributed by atoms with van der Waals surface area (Å²) in [6.45, 7) is 8.11. The third-order valence-corrected chi connectivity index (χ3v) is 6.72. The van der Waals surface area contributed by atoms with Gasteiger partial charge in [-0.05, 0) is 79.8 Å². The molecule has 0 amide bonds. The summed E-state index contributed by atoms with van der Waals surface area (Å²) >= 11 is 0. The first-order valence-corrected chi connectivity index (χ1v) is 10.9. The Morgan fingerprint density at radius 1 is 0.931 bits per heavy atom. The van der Waals surface area contributed by atoms with Gasteiger partial charge in [0.05, 0.1) is 10.6 Å². The number of ether oxygens (including phenoxy) is 1. The van der Waals surface area contributed by atoms with Gasteiger partial charge in [-0.25, -0.2) is 13.1 Å². The summed E-state index contributed by atoms with van der Waals surface area (Å²) in [4.78, 5) is 4.61. The molecule has 3 aromatic rings. The molecule has 0 aliphatic heterocycles. The molecule has 0 aliphatic carbocycles. The van der Waals surface area contributed by atoms with Crippen molar-refractivity contribution >= 4 is 10.0 Å². The smallest absolute Gasteiger partial charge is 0.241 e. The van der Waals surface area contributed by atoms with E-state index in [1.807, 2.05) is 76.2 Å². The molecule has 29 heavy (non-hydrogen) atoms. The Hall–Kier alpha value is -2.70. The molecule has 3 rings (SSSR count). The van der Waals surface area contributed by atoms with Crippen molar-refractivity contribution in [2.24, 2.45) is 0 Å². The third kappa shape index (κ3) is 5.02. The highest BCUT2D eigenvalue weighted by Gasteiger charge is 2.21. The van der Waals surface area contributed by atoms with E-state index >= 15 is 0 Å². The van der Waals surface area contributed by atoms with Crippen molar-refractivity contribution in [3.05, 3.63) is 88.2 Å². The van der Waals surface area contributed by atoms with Crippen LogP contribution < -0.4 is 9.46 Å². The summed E-state index contributed by atoms with van der Waals surface area (Å²) in [5.74, 6) is 0.672. The molecule has 1 aromatic heterocycles. The Balaban J connectivity index is 1.73. The number of aromatic nitrogens is 1. The van der Waals surface area contributed by atoms with Crippen molar-refractivity contribution in [1.82, 2.24) is 9.71 Å². The van der Waals surface area contributed by atoms with Crippen molar-refractivity contribution < 1.29 is 13.2 Å². The average molecular weight is 411 g/mol. The fourth-order valence-electron chi connectivity index (χ4n) is 3.22. The van der Waals surface area contributed by atoms with E-state index in [4.69, 9.17) is 4.74 Å². The number of nitrogens with one attached hydrogen (secondary N) is 1. The van der Waals surface area contributed by atoms with Gasteiger partial charge in [0.1, 0.15) is 12.4 Å². The van der Waals surface area contributed by atoms with Crippen LogP contribution in [-0.4, -0.2) is 13.4 Å². The Morgan fingerprint density at radius 3 is 2.31 bits per heavy atom. The summed E-state index contributed by atoms with van der Waals surface area (Å²) in [6, 6.07) is 15.1. The Bertz CT molecular complexity index is 1080. The maximum Gasteiger partial charge on any atom is 0.241 e. The summed E-state index contributed by atoms with van der Waals surface area (Å²) in [6.07, 6.45) is 1.72. The highest BCUT2D eigenvalue weighted by atomic mass is 32.2. The van der Waals surface area contributed by atoms with Gasteiger partial charge in [0.15, 0.2) is 0 Å². The molecule has 0 fully saturated rings. The van der Waals surface area contributed by atoms with Crippen LogP contribution in [0.4, 0.5) is 0 Å². The van der Waals surface area contributed by atoms with Crippen molar-refractivity contribution in [1.29, 1.82) is 0 Å². The first-order valence-electron chi connectivity index (χ1n) is 9.46. The molecule has 0 radical (unpaired) electrons. The number of sulfonamides is 1. The summed E-state index contributed by atoms with van der Waals surface area (Å²) in [5.41, 5.74) is 5.17. The quantitative estimate of drug-likeness (QED) is 0.628. The van der Waals surface area contributed by atoms with Crippen molar-refractivity contribution in [2.75, 3.05) is 0 Å². The molecule has 6 heteroatoms. The lowest BCUT2D eigenvalue weighted by atomic mass is 10.0. The van der Waals surface area contributed by atoms with E-state index < -0.39 is 10.0 Å². The van der Waals surface area contributed by atoms with Crippen molar-refractivity contribution in [3.63, 3.8) is 0 Å². The monoisotopic (exact) mass is 410 g/mol. The summed E-state index contributed by atoms with van der Waals surface area (Å²) in [5, 5.41) is 0.